The van der Waals surface area contributed by atoms with Gasteiger partial charge in [-0.3, -0.25) is 19.9 Å². The van der Waals surface area contributed by atoms with Gasteiger partial charge >= 0.3 is 0 Å². The minimum atomic E-state index is 0.623. The first-order valence-corrected chi connectivity index (χ1v) is 14.2. The van der Waals surface area contributed by atoms with Gasteiger partial charge in [0, 0.05) is 71.8 Å². The number of nitrogens with two attached hydrogens (primary N) is 2. The van der Waals surface area contributed by atoms with Crippen LogP contribution >= 0.6 is 0 Å². The molecule has 0 amide bonds. The van der Waals surface area contributed by atoms with Gasteiger partial charge in [-0.25, -0.2) is 0 Å². The smallest absolute Gasteiger partial charge is 0.0506 e. The highest BCUT2D eigenvalue weighted by atomic mass is 14.7. The van der Waals surface area contributed by atoms with Crippen molar-refractivity contribution >= 4 is 11.4 Å². The average molecular weight is 569 g/mol. The molecule has 3 aromatic carbocycles. The number of aromatic nitrogens is 4. The largest absolute Gasteiger partial charge is 0.397 e. The number of nitrogen functional groups attached to an aromatic ring is 2. The molecule has 0 saturated carbocycles. The predicted octanol–water partition coefficient (Wildman–Crippen LogP) is 8.43. The lowest BCUT2D eigenvalue weighted by molar-refractivity contribution is 1.32. The highest BCUT2D eigenvalue weighted by molar-refractivity contribution is 5.85. The molecule has 0 saturated heterocycles. The van der Waals surface area contributed by atoms with Crippen molar-refractivity contribution in [2.24, 2.45) is 0 Å². The van der Waals surface area contributed by atoms with Gasteiger partial charge in [0.05, 0.1) is 11.4 Å². The van der Waals surface area contributed by atoms with Crippen LogP contribution in [0.1, 0.15) is 0 Å². The van der Waals surface area contributed by atoms with Gasteiger partial charge in [-0.15, -0.1) is 0 Å². The number of benzene rings is 3. The van der Waals surface area contributed by atoms with Crippen molar-refractivity contribution in [3.63, 3.8) is 0 Å². The van der Waals surface area contributed by atoms with Crippen LogP contribution in [0, 0.1) is 0 Å². The third-order valence-electron chi connectivity index (χ3n) is 7.57. The summed E-state index contributed by atoms with van der Waals surface area (Å²) in [5.74, 6) is 0. The fraction of sp³-hybridized carbons (Fsp3) is 0. The Morgan fingerprint density at radius 3 is 1.02 bits per heavy atom. The lowest BCUT2D eigenvalue weighted by Crippen LogP contribution is -1.91. The van der Waals surface area contributed by atoms with E-state index in [4.69, 9.17) is 11.5 Å². The molecular weight excluding hydrogens is 540 g/mol. The van der Waals surface area contributed by atoms with Crippen LogP contribution in [-0.2, 0) is 0 Å². The molecular formula is C38H28N6. The Bertz CT molecular complexity index is 1940. The number of rotatable bonds is 6. The molecule has 0 fully saturated rings. The Labute approximate surface area is 255 Å². The molecule has 7 rings (SSSR count). The minimum Gasteiger partial charge on any atom is -0.397 e. The molecule has 0 aliphatic rings. The van der Waals surface area contributed by atoms with Crippen LogP contribution in [0.5, 0.6) is 0 Å². The molecule has 0 spiro atoms. The van der Waals surface area contributed by atoms with Crippen molar-refractivity contribution in [3.8, 4) is 66.8 Å². The van der Waals surface area contributed by atoms with Crippen molar-refractivity contribution in [2.75, 3.05) is 11.5 Å². The Morgan fingerprint density at radius 2 is 0.636 bits per heavy atom. The van der Waals surface area contributed by atoms with Crippen LogP contribution in [0.25, 0.3) is 66.8 Å². The van der Waals surface area contributed by atoms with Crippen molar-refractivity contribution in [1.82, 2.24) is 19.9 Å². The number of hydrogen-bond donors (Lipinski definition) is 2. The summed E-state index contributed by atoms with van der Waals surface area (Å²) >= 11 is 0. The monoisotopic (exact) mass is 568 g/mol. The molecule has 4 aromatic heterocycles. The SMILES string of the molecule is Nc1cncc(-c2cc(-c3cccnc3)cc(-c3cccc(-c4cc(-c5cccnc5)cc(-c5cncc(N)c5)c4)c3)c2)c1. The van der Waals surface area contributed by atoms with E-state index in [1.807, 2.05) is 49.1 Å². The maximum atomic E-state index is 6.11. The van der Waals surface area contributed by atoms with Crippen molar-refractivity contribution in [3.05, 3.63) is 147 Å². The van der Waals surface area contributed by atoms with Gasteiger partial charge in [-0.2, -0.15) is 0 Å². The van der Waals surface area contributed by atoms with E-state index in [0.717, 1.165) is 66.8 Å². The van der Waals surface area contributed by atoms with Gasteiger partial charge in [0.1, 0.15) is 0 Å². The molecule has 210 valence electrons. The van der Waals surface area contributed by atoms with Gasteiger partial charge < -0.3 is 11.5 Å². The molecule has 4 heterocycles. The highest BCUT2D eigenvalue weighted by Gasteiger charge is 2.12. The van der Waals surface area contributed by atoms with E-state index in [2.05, 4.69) is 92.7 Å². The zero-order valence-corrected chi connectivity index (χ0v) is 23.8. The molecule has 0 aliphatic carbocycles. The van der Waals surface area contributed by atoms with E-state index < -0.39 is 0 Å². The maximum absolute atomic E-state index is 6.11. The van der Waals surface area contributed by atoms with Crippen LogP contribution in [0.4, 0.5) is 11.4 Å². The summed E-state index contributed by atoms with van der Waals surface area (Å²) in [6.45, 7) is 0. The lowest BCUT2D eigenvalue weighted by Gasteiger charge is -2.14. The number of pyridine rings is 4. The molecule has 4 N–H and O–H groups in total. The van der Waals surface area contributed by atoms with E-state index in [0.29, 0.717) is 11.4 Å². The highest BCUT2D eigenvalue weighted by Crippen LogP contribution is 2.37. The maximum Gasteiger partial charge on any atom is 0.0506 e. The average Bonchev–Trinajstić information content (AvgIpc) is 3.09. The number of nitrogens with zero attached hydrogens (tertiary/aromatic N) is 4. The van der Waals surface area contributed by atoms with Crippen LogP contribution < -0.4 is 11.5 Å². The zero-order chi connectivity index (χ0) is 29.9. The Kier molecular flexibility index (Phi) is 7.06. The molecule has 0 unspecified atom stereocenters. The normalized spacial score (nSPS) is 10.9. The summed E-state index contributed by atoms with van der Waals surface area (Å²) in [6.07, 6.45) is 14.3. The second kappa shape index (κ2) is 11.6. The molecule has 6 heteroatoms. The van der Waals surface area contributed by atoms with Crippen molar-refractivity contribution < 1.29 is 0 Å². The zero-order valence-electron chi connectivity index (χ0n) is 23.8. The first kappa shape index (κ1) is 26.7. The van der Waals surface area contributed by atoms with E-state index in [9.17, 15) is 0 Å². The Balaban J connectivity index is 1.38. The summed E-state index contributed by atoms with van der Waals surface area (Å²) in [5, 5.41) is 0. The first-order chi connectivity index (χ1) is 21.6. The molecule has 44 heavy (non-hydrogen) atoms. The standard InChI is InChI=1S/C38H28N6/c39-37-17-35(21-43-23-37)33-13-29(11-31(15-33)27-6-2-8-41-19-27)25-4-1-5-26(10-25)30-12-32(28-7-3-9-42-20-28)16-34(14-30)36-18-38(40)24-44-22-36/h1-24H,39-40H2. The lowest BCUT2D eigenvalue weighted by atomic mass is 9.91. The minimum absolute atomic E-state index is 0.623. The Morgan fingerprint density at radius 1 is 0.295 bits per heavy atom. The molecule has 0 radical (unpaired) electrons. The third-order valence-corrected chi connectivity index (χ3v) is 7.57. The summed E-state index contributed by atoms with van der Waals surface area (Å²) in [5.41, 5.74) is 26.0. The fourth-order valence-electron chi connectivity index (χ4n) is 5.43. The van der Waals surface area contributed by atoms with Gasteiger partial charge in [-0.1, -0.05) is 30.3 Å². The topological polar surface area (TPSA) is 104 Å². The predicted molar refractivity (Wildman–Crippen MR) is 179 cm³/mol. The van der Waals surface area contributed by atoms with Crippen molar-refractivity contribution in [2.45, 2.75) is 0 Å². The van der Waals surface area contributed by atoms with Crippen LogP contribution in [-0.4, -0.2) is 19.9 Å². The summed E-state index contributed by atoms with van der Waals surface area (Å²) in [4.78, 5) is 17.4. The molecule has 0 aliphatic heterocycles. The third kappa shape index (κ3) is 5.65. The fourth-order valence-corrected chi connectivity index (χ4v) is 5.43. The summed E-state index contributed by atoms with van der Waals surface area (Å²) in [6, 6.07) is 33.6. The summed E-state index contributed by atoms with van der Waals surface area (Å²) in [7, 11) is 0. The van der Waals surface area contributed by atoms with Gasteiger partial charge in [0.25, 0.3) is 0 Å². The number of anilines is 2. The van der Waals surface area contributed by atoms with Gasteiger partial charge in [0.15, 0.2) is 0 Å². The van der Waals surface area contributed by atoms with E-state index >= 15 is 0 Å². The first-order valence-electron chi connectivity index (χ1n) is 14.2. The number of hydrogen-bond acceptors (Lipinski definition) is 6. The van der Waals surface area contributed by atoms with Gasteiger partial charge in [-0.05, 0) is 111 Å². The van der Waals surface area contributed by atoms with E-state index in [-0.39, 0.29) is 0 Å². The molecule has 0 bridgehead atoms. The van der Waals surface area contributed by atoms with Crippen molar-refractivity contribution in [1.29, 1.82) is 0 Å². The van der Waals surface area contributed by atoms with E-state index in [1.54, 1.807) is 24.8 Å². The molecule has 6 nitrogen and oxygen atoms in total. The van der Waals surface area contributed by atoms with Gasteiger partial charge in [0.2, 0.25) is 0 Å². The van der Waals surface area contributed by atoms with Crippen LogP contribution in [0.3, 0.4) is 0 Å². The second-order valence-electron chi connectivity index (χ2n) is 10.7. The Hall–Kier alpha value is -6.14. The second-order valence-corrected chi connectivity index (χ2v) is 10.7. The summed E-state index contributed by atoms with van der Waals surface area (Å²) < 4.78 is 0. The molecule has 7 aromatic rings. The quantitative estimate of drug-likeness (QED) is 0.209. The van der Waals surface area contributed by atoms with E-state index in [1.165, 1.54) is 0 Å². The van der Waals surface area contributed by atoms with Crippen LogP contribution in [0.15, 0.2) is 147 Å². The van der Waals surface area contributed by atoms with Crippen LogP contribution in [0.2, 0.25) is 0 Å². The molecule has 0 atom stereocenters.